The van der Waals surface area contributed by atoms with Crippen molar-refractivity contribution in [2.75, 3.05) is 65.6 Å². The molecular weight excluding hydrogens is 364 g/mol. The van der Waals surface area contributed by atoms with Crippen LogP contribution in [0.15, 0.2) is 0 Å². The van der Waals surface area contributed by atoms with E-state index in [4.69, 9.17) is 9.47 Å². The fraction of sp³-hybridized carbons (Fsp3) is 0.842. The van der Waals surface area contributed by atoms with E-state index in [1.54, 1.807) is 23.6 Å². The second-order valence-corrected chi connectivity index (χ2v) is 7.24. The first-order chi connectivity index (χ1) is 13.5. The number of morpholine rings is 1. The van der Waals surface area contributed by atoms with Gasteiger partial charge in [-0.25, -0.2) is 4.79 Å². The van der Waals surface area contributed by atoms with Crippen LogP contribution in [-0.2, 0) is 19.1 Å². The quantitative estimate of drug-likeness (QED) is 0.632. The number of nitrogens with zero attached hydrogens (tertiary/aromatic N) is 3. The first kappa shape index (κ1) is 22.4. The lowest BCUT2D eigenvalue weighted by Crippen LogP contribution is -2.47. The molecule has 0 radical (unpaired) electrons. The standard InChI is InChI=1S/C19H34N4O5/c1-3-28-19(26)23-7-4-17(5-8-23)20-18(25)6-9-22(16(2)24)11-10-21-12-14-27-15-13-21/h17H,3-15H2,1-2H3,(H,20,25). The minimum absolute atomic E-state index is 0.0104. The molecule has 160 valence electrons. The topological polar surface area (TPSA) is 91.4 Å². The lowest BCUT2D eigenvalue weighted by atomic mass is 10.1. The number of rotatable bonds is 8. The van der Waals surface area contributed by atoms with Crippen LogP contribution in [0.1, 0.15) is 33.1 Å². The fourth-order valence-corrected chi connectivity index (χ4v) is 3.47. The maximum Gasteiger partial charge on any atom is 0.409 e. The van der Waals surface area contributed by atoms with E-state index in [0.29, 0.717) is 39.2 Å². The van der Waals surface area contributed by atoms with Crippen LogP contribution in [0.3, 0.4) is 0 Å². The van der Waals surface area contributed by atoms with E-state index < -0.39 is 0 Å². The van der Waals surface area contributed by atoms with Gasteiger partial charge in [0.2, 0.25) is 11.8 Å². The molecule has 0 saturated carbocycles. The minimum atomic E-state index is -0.287. The Morgan fingerprint density at radius 2 is 1.79 bits per heavy atom. The van der Waals surface area contributed by atoms with Crippen molar-refractivity contribution in [2.24, 2.45) is 0 Å². The molecule has 1 N–H and O–H groups in total. The van der Waals surface area contributed by atoms with Gasteiger partial charge >= 0.3 is 6.09 Å². The van der Waals surface area contributed by atoms with Crippen LogP contribution >= 0.6 is 0 Å². The summed E-state index contributed by atoms with van der Waals surface area (Å²) in [5, 5.41) is 3.03. The van der Waals surface area contributed by atoms with Crippen LogP contribution < -0.4 is 5.32 Å². The number of ether oxygens (including phenoxy) is 2. The van der Waals surface area contributed by atoms with Crippen molar-refractivity contribution < 1.29 is 23.9 Å². The fourth-order valence-electron chi connectivity index (χ4n) is 3.47. The van der Waals surface area contributed by atoms with Crippen molar-refractivity contribution in [1.29, 1.82) is 0 Å². The van der Waals surface area contributed by atoms with Crippen LogP contribution in [0, 0.1) is 0 Å². The summed E-state index contributed by atoms with van der Waals surface area (Å²) in [6.45, 7) is 9.96. The molecule has 0 aromatic rings. The van der Waals surface area contributed by atoms with Gasteiger partial charge in [0.25, 0.3) is 0 Å². The maximum atomic E-state index is 12.3. The van der Waals surface area contributed by atoms with Crippen molar-refractivity contribution in [3.05, 3.63) is 0 Å². The van der Waals surface area contributed by atoms with Crippen molar-refractivity contribution in [3.63, 3.8) is 0 Å². The van der Waals surface area contributed by atoms with E-state index >= 15 is 0 Å². The normalized spacial score (nSPS) is 18.6. The van der Waals surface area contributed by atoms with Crippen molar-refractivity contribution in [1.82, 2.24) is 20.0 Å². The van der Waals surface area contributed by atoms with Crippen LogP contribution in [-0.4, -0.2) is 104 Å². The second kappa shape index (κ2) is 11.9. The second-order valence-electron chi connectivity index (χ2n) is 7.24. The van der Waals surface area contributed by atoms with E-state index in [2.05, 4.69) is 10.2 Å². The number of carbonyl (C=O) groups excluding carboxylic acids is 3. The first-order valence-corrected chi connectivity index (χ1v) is 10.3. The SMILES string of the molecule is CCOC(=O)N1CCC(NC(=O)CCN(CCN2CCOCC2)C(C)=O)CC1. The zero-order valence-corrected chi connectivity index (χ0v) is 17.2. The minimum Gasteiger partial charge on any atom is -0.450 e. The number of hydrogen-bond acceptors (Lipinski definition) is 6. The number of nitrogens with one attached hydrogen (secondary N) is 1. The molecule has 2 heterocycles. The number of carbonyl (C=O) groups is 3. The van der Waals surface area contributed by atoms with Crippen LogP contribution in [0.4, 0.5) is 4.79 Å². The Morgan fingerprint density at radius 3 is 2.39 bits per heavy atom. The molecule has 0 atom stereocenters. The van der Waals surface area contributed by atoms with Gasteiger partial charge in [-0.1, -0.05) is 0 Å². The predicted molar refractivity (Wildman–Crippen MR) is 104 cm³/mol. The van der Waals surface area contributed by atoms with Crippen LogP contribution in [0.2, 0.25) is 0 Å². The van der Waals surface area contributed by atoms with Gasteiger partial charge in [-0.15, -0.1) is 0 Å². The number of likely N-dealkylation sites (tertiary alicyclic amines) is 1. The third-order valence-electron chi connectivity index (χ3n) is 5.23. The molecule has 2 rings (SSSR count). The number of hydrogen-bond donors (Lipinski definition) is 1. The van der Waals surface area contributed by atoms with Gasteiger partial charge in [-0.3, -0.25) is 14.5 Å². The Balaban J connectivity index is 1.65. The Labute approximate surface area is 167 Å². The third-order valence-corrected chi connectivity index (χ3v) is 5.23. The molecule has 0 unspecified atom stereocenters. The summed E-state index contributed by atoms with van der Waals surface area (Å²) < 4.78 is 10.3. The summed E-state index contributed by atoms with van der Waals surface area (Å²) in [4.78, 5) is 41.6. The Hall–Kier alpha value is -1.87. The van der Waals surface area contributed by atoms with Gasteiger partial charge in [0.15, 0.2) is 0 Å². The van der Waals surface area contributed by atoms with Crippen molar-refractivity contribution in [3.8, 4) is 0 Å². The predicted octanol–water partition coefficient (Wildman–Crippen LogP) is 0.294. The summed E-state index contributed by atoms with van der Waals surface area (Å²) in [6.07, 6.45) is 1.45. The zero-order valence-electron chi connectivity index (χ0n) is 17.2. The van der Waals surface area contributed by atoms with E-state index in [1.165, 1.54) is 0 Å². The summed E-state index contributed by atoms with van der Waals surface area (Å²) in [7, 11) is 0. The summed E-state index contributed by atoms with van der Waals surface area (Å²) in [5.41, 5.74) is 0. The number of piperidine rings is 1. The summed E-state index contributed by atoms with van der Waals surface area (Å²) >= 11 is 0. The molecule has 2 saturated heterocycles. The number of amides is 3. The molecule has 0 aromatic heterocycles. The molecular formula is C19H34N4O5. The highest BCUT2D eigenvalue weighted by atomic mass is 16.6. The molecule has 3 amide bonds. The Kier molecular flexibility index (Phi) is 9.49. The van der Waals surface area contributed by atoms with Gasteiger partial charge in [-0.2, -0.15) is 0 Å². The molecule has 0 bridgehead atoms. The van der Waals surface area contributed by atoms with Crippen LogP contribution in [0.5, 0.6) is 0 Å². The van der Waals surface area contributed by atoms with Gasteiger partial charge in [0.05, 0.1) is 19.8 Å². The maximum absolute atomic E-state index is 12.3. The molecule has 0 aromatic carbocycles. The molecule has 9 nitrogen and oxygen atoms in total. The molecule has 2 aliphatic rings. The monoisotopic (exact) mass is 398 g/mol. The van der Waals surface area contributed by atoms with E-state index in [-0.39, 0.29) is 23.9 Å². The summed E-state index contributed by atoms with van der Waals surface area (Å²) in [5.74, 6) is -0.0592. The van der Waals surface area contributed by atoms with Crippen LogP contribution in [0.25, 0.3) is 0 Å². The zero-order chi connectivity index (χ0) is 20.4. The molecule has 9 heteroatoms. The smallest absolute Gasteiger partial charge is 0.409 e. The molecule has 0 spiro atoms. The highest BCUT2D eigenvalue weighted by Crippen LogP contribution is 2.12. The van der Waals surface area contributed by atoms with E-state index in [9.17, 15) is 14.4 Å². The lowest BCUT2D eigenvalue weighted by Gasteiger charge is -2.32. The average molecular weight is 399 g/mol. The van der Waals surface area contributed by atoms with Gasteiger partial charge in [0.1, 0.15) is 0 Å². The molecule has 2 fully saturated rings. The lowest BCUT2D eigenvalue weighted by molar-refractivity contribution is -0.130. The highest BCUT2D eigenvalue weighted by molar-refractivity contribution is 5.78. The van der Waals surface area contributed by atoms with Crippen molar-refractivity contribution >= 4 is 17.9 Å². The summed E-state index contributed by atoms with van der Waals surface area (Å²) in [6, 6.07) is 0.0669. The van der Waals surface area contributed by atoms with Gasteiger partial charge in [0, 0.05) is 65.2 Å². The van der Waals surface area contributed by atoms with Gasteiger partial charge < -0.3 is 24.6 Å². The molecule has 2 aliphatic heterocycles. The third kappa shape index (κ3) is 7.63. The Morgan fingerprint density at radius 1 is 1.11 bits per heavy atom. The Bertz CT molecular complexity index is 516. The van der Waals surface area contributed by atoms with E-state index in [1.807, 2.05) is 0 Å². The molecule has 28 heavy (non-hydrogen) atoms. The average Bonchev–Trinajstić information content (AvgIpc) is 2.69. The largest absolute Gasteiger partial charge is 0.450 e. The first-order valence-electron chi connectivity index (χ1n) is 10.3. The molecule has 0 aliphatic carbocycles. The van der Waals surface area contributed by atoms with Gasteiger partial charge in [-0.05, 0) is 19.8 Å². The van der Waals surface area contributed by atoms with E-state index in [0.717, 1.165) is 45.7 Å². The van der Waals surface area contributed by atoms with Crippen molar-refractivity contribution in [2.45, 2.75) is 39.2 Å². The highest BCUT2D eigenvalue weighted by Gasteiger charge is 2.24.